The van der Waals surface area contributed by atoms with Gasteiger partial charge in [0.05, 0.1) is 4.90 Å². The summed E-state index contributed by atoms with van der Waals surface area (Å²) in [7, 11) is -3.63. The van der Waals surface area contributed by atoms with Gasteiger partial charge in [0, 0.05) is 26.1 Å². The number of carbonyl (C=O) groups is 1. The molecule has 0 aliphatic carbocycles. The highest BCUT2D eigenvalue weighted by molar-refractivity contribution is 7.89. The second-order valence-corrected chi connectivity index (χ2v) is 9.65. The Bertz CT molecular complexity index is 940. The van der Waals surface area contributed by atoms with E-state index in [2.05, 4.69) is 29.0 Å². The molecule has 29 heavy (non-hydrogen) atoms. The van der Waals surface area contributed by atoms with E-state index in [0.29, 0.717) is 10.8 Å². The highest BCUT2D eigenvalue weighted by Crippen LogP contribution is 2.28. The highest BCUT2D eigenvalue weighted by Gasteiger charge is 2.24. The zero-order chi connectivity index (χ0) is 21.0. The molecule has 0 unspecified atom stereocenters. The second kappa shape index (κ2) is 9.09. The molecule has 2 aromatic carbocycles. The van der Waals surface area contributed by atoms with Gasteiger partial charge < -0.3 is 4.90 Å². The van der Waals surface area contributed by atoms with E-state index in [1.54, 1.807) is 13.8 Å². The van der Waals surface area contributed by atoms with Crippen LogP contribution in [-0.2, 0) is 14.8 Å². The second-order valence-electron chi connectivity index (χ2n) is 7.94. The molecule has 6 heteroatoms. The summed E-state index contributed by atoms with van der Waals surface area (Å²) in [4.78, 5) is 14.7. The van der Waals surface area contributed by atoms with Gasteiger partial charge in [0.1, 0.15) is 0 Å². The van der Waals surface area contributed by atoms with Crippen LogP contribution in [0.5, 0.6) is 0 Å². The highest BCUT2D eigenvalue weighted by atomic mass is 32.2. The van der Waals surface area contributed by atoms with E-state index in [1.807, 2.05) is 30.0 Å². The Morgan fingerprint density at radius 3 is 2.21 bits per heavy atom. The molecule has 1 heterocycles. The first kappa shape index (κ1) is 21.5. The van der Waals surface area contributed by atoms with Crippen molar-refractivity contribution >= 4 is 15.9 Å². The van der Waals surface area contributed by atoms with Crippen LogP contribution >= 0.6 is 0 Å². The number of nitrogens with zero attached hydrogens (tertiary/aromatic N) is 1. The largest absolute Gasteiger partial charge is 0.343 e. The lowest BCUT2D eigenvalue weighted by Gasteiger charge is -2.32. The normalized spacial score (nSPS) is 15.5. The average molecular weight is 415 g/mol. The van der Waals surface area contributed by atoms with Gasteiger partial charge in [0.15, 0.2) is 0 Å². The predicted molar refractivity (Wildman–Crippen MR) is 115 cm³/mol. The summed E-state index contributed by atoms with van der Waals surface area (Å²) in [6.07, 6.45) is 2.08. The average Bonchev–Trinajstić information content (AvgIpc) is 2.67. The molecular formula is C23H30N2O3S. The first-order valence-electron chi connectivity index (χ1n) is 10.2. The maximum Gasteiger partial charge on any atom is 0.241 e. The SMILES string of the molecule is Cc1cc(C)c(S(=O)(=O)NCCC(=O)N2CCC(c3ccccc3)CC2)c(C)c1. The lowest BCUT2D eigenvalue weighted by molar-refractivity contribution is -0.132. The first-order valence-corrected chi connectivity index (χ1v) is 11.7. The third kappa shape index (κ3) is 5.25. The summed E-state index contributed by atoms with van der Waals surface area (Å²) < 4.78 is 28.0. The Morgan fingerprint density at radius 2 is 1.62 bits per heavy atom. The molecule has 1 aliphatic heterocycles. The molecule has 0 atom stereocenters. The van der Waals surface area contributed by atoms with E-state index in [0.717, 1.165) is 42.6 Å². The molecule has 1 saturated heterocycles. The van der Waals surface area contributed by atoms with Crippen LogP contribution in [0, 0.1) is 20.8 Å². The number of hydrogen-bond acceptors (Lipinski definition) is 3. The lowest BCUT2D eigenvalue weighted by atomic mass is 9.89. The molecule has 3 rings (SSSR count). The van der Waals surface area contributed by atoms with E-state index < -0.39 is 10.0 Å². The van der Waals surface area contributed by atoms with Crippen molar-refractivity contribution in [3.8, 4) is 0 Å². The summed E-state index contributed by atoms with van der Waals surface area (Å²) in [5.41, 5.74) is 3.82. The molecular weight excluding hydrogens is 384 g/mol. The van der Waals surface area contributed by atoms with Crippen molar-refractivity contribution in [2.45, 2.75) is 50.8 Å². The van der Waals surface area contributed by atoms with E-state index in [9.17, 15) is 13.2 Å². The van der Waals surface area contributed by atoms with Crippen molar-refractivity contribution in [2.75, 3.05) is 19.6 Å². The minimum atomic E-state index is -3.63. The van der Waals surface area contributed by atoms with Crippen LogP contribution in [-0.4, -0.2) is 38.9 Å². The minimum Gasteiger partial charge on any atom is -0.343 e. The van der Waals surface area contributed by atoms with Gasteiger partial charge in [0.25, 0.3) is 0 Å². The fourth-order valence-corrected chi connectivity index (χ4v) is 5.78. The Labute approximate surface area is 174 Å². The topological polar surface area (TPSA) is 66.5 Å². The summed E-state index contributed by atoms with van der Waals surface area (Å²) in [6.45, 7) is 7.12. The van der Waals surface area contributed by atoms with Gasteiger partial charge in [-0.2, -0.15) is 0 Å². The number of benzene rings is 2. The number of nitrogens with one attached hydrogen (secondary N) is 1. The quantitative estimate of drug-likeness (QED) is 0.784. The predicted octanol–water partition coefficient (Wildman–Crippen LogP) is 3.69. The number of sulfonamides is 1. The van der Waals surface area contributed by atoms with Crippen LogP contribution in [0.3, 0.4) is 0 Å². The van der Waals surface area contributed by atoms with Crippen LogP contribution in [0.4, 0.5) is 0 Å². The van der Waals surface area contributed by atoms with Crippen LogP contribution in [0.2, 0.25) is 0 Å². The number of piperidine rings is 1. The molecule has 1 N–H and O–H groups in total. The van der Waals surface area contributed by atoms with Crippen molar-refractivity contribution in [1.29, 1.82) is 0 Å². The molecule has 0 saturated carbocycles. The van der Waals surface area contributed by atoms with Crippen molar-refractivity contribution in [3.05, 3.63) is 64.7 Å². The van der Waals surface area contributed by atoms with Gasteiger partial charge in [-0.05, 0) is 56.2 Å². The third-order valence-corrected chi connectivity index (χ3v) is 7.39. The van der Waals surface area contributed by atoms with Crippen molar-refractivity contribution in [1.82, 2.24) is 9.62 Å². The number of rotatable bonds is 6. The maximum absolute atomic E-state index is 12.7. The number of hydrogen-bond donors (Lipinski definition) is 1. The van der Waals surface area contributed by atoms with Gasteiger partial charge in [0.2, 0.25) is 15.9 Å². The Morgan fingerprint density at radius 1 is 1.03 bits per heavy atom. The zero-order valence-corrected chi connectivity index (χ0v) is 18.3. The number of aryl methyl sites for hydroxylation is 3. The van der Waals surface area contributed by atoms with Crippen LogP contribution < -0.4 is 4.72 Å². The van der Waals surface area contributed by atoms with Crippen LogP contribution in [0.15, 0.2) is 47.4 Å². The smallest absolute Gasteiger partial charge is 0.241 e. The molecule has 1 aliphatic rings. The fourth-order valence-electron chi connectivity index (χ4n) is 4.30. The molecule has 5 nitrogen and oxygen atoms in total. The van der Waals surface area contributed by atoms with Gasteiger partial charge in [-0.3, -0.25) is 4.79 Å². The number of amides is 1. The standard InChI is InChI=1S/C23H30N2O3S/c1-17-15-18(2)23(19(3)16-17)29(27,28)24-12-9-22(26)25-13-10-21(11-14-25)20-7-5-4-6-8-20/h4-8,15-16,21,24H,9-14H2,1-3H3. The molecule has 0 spiro atoms. The Kier molecular flexibility index (Phi) is 6.75. The molecule has 1 fully saturated rings. The monoisotopic (exact) mass is 414 g/mol. The van der Waals surface area contributed by atoms with E-state index in [1.165, 1.54) is 5.56 Å². The van der Waals surface area contributed by atoms with E-state index in [4.69, 9.17) is 0 Å². The van der Waals surface area contributed by atoms with Crippen molar-refractivity contribution in [2.24, 2.45) is 0 Å². The van der Waals surface area contributed by atoms with E-state index >= 15 is 0 Å². The van der Waals surface area contributed by atoms with Gasteiger partial charge in [-0.15, -0.1) is 0 Å². The lowest BCUT2D eigenvalue weighted by Crippen LogP contribution is -2.39. The maximum atomic E-state index is 12.7. The minimum absolute atomic E-state index is 0.0107. The molecule has 2 aromatic rings. The zero-order valence-electron chi connectivity index (χ0n) is 17.4. The Hall–Kier alpha value is -2.18. The number of likely N-dealkylation sites (tertiary alicyclic amines) is 1. The molecule has 1 amide bonds. The molecule has 0 radical (unpaired) electrons. The third-order valence-electron chi connectivity index (χ3n) is 5.62. The molecule has 0 aromatic heterocycles. The summed E-state index contributed by atoms with van der Waals surface area (Å²) in [6, 6.07) is 14.1. The summed E-state index contributed by atoms with van der Waals surface area (Å²) >= 11 is 0. The first-order chi connectivity index (χ1) is 13.8. The van der Waals surface area contributed by atoms with Crippen molar-refractivity contribution in [3.63, 3.8) is 0 Å². The number of carbonyl (C=O) groups excluding carboxylic acids is 1. The molecule has 156 valence electrons. The van der Waals surface area contributed by atoms with Crippen LogP contribution in [0.1, 0.15) is 47.4 Å². The summed E-state index contributed by atoms with van der Waals surface area (Å²) in [5.74, 6) is 0.503. The van der Waals surface area contributed by atoms with Crippen LogP contribution in [0.25, 0.3) is 0 Å². The molecule has 0 bridgehead atoms. The van der Waals surface area contributed by atoms with Gasteiger partial charge in [-0.25, -0.2) is 13.1 Å². The van der Waals surface area contributed by atoms with Crippen molar-refractivity contribution < 1.29 is 13.2 Å². The van der Waals surface area contributed by atoms with Gasteiger partial charge >= 0.3 is 0 Å². The van der Waals surface area contributed by atoms with E-state index in [-0.39, 0.29) is 18.9 Å². The summed E-state index contributed by atoms with van der Waals surface area (Å²) in [5, 5.41) is 0. The fraction of sp³-hybridized carbons (Fsp3) is 0.435. The Balaban J connectivity index is 1.51. The van der Waals surface area contributed by atoms with Gasteiger partial charge in [-0.1, -0.05) is 48.0 Å².